The summed E-state index contributed by atoms with van der Waals surface area (Å²) in [6.45, 7) is 0.0969. The highest BCUT2D eigenvalue weighted by Crippen LogP contribution is 2.21. The molecule has 7 nitrogen and oxygen atoms in total. The summed E-state index contributed by atoms with van der Waals surface area (Å²) in [6, 6.07) is 25.4. The fourth-order valence-corrected chi connectivity index (χ4v) is 3.72. The zero-order valence-electron chi connectivity index (χ0n) is 19.2. The zero-order chi connectivity index (χ0) is 24.5. The van der Waals surface area contributed by atoms with Gasteiger partial charge < -0.3 is 25.2 Å². The minimum atomic E-state index is -0.636. The number of benzene rings is 3. The highest BCUT2D eigenvalue weighted by atomic mass is 16.5. The summed E-state index contributed by atoms with van der Waals surface area (Å²) < 4.78 is 11.6. The molecule has 3 atom stereocenters. The molecule has 0 unspecified atom stereocenters. The van der Waals surface area contributed by atoms with E-state index in [9.17, 15) is 14.7 Å². The number of nitrogens with one attached hydrogen (secondary N) is 2. The SMILES string of the molecule is O=C(C[C@H]1C=C[C@@H](NC(=O)c2ccccc2)[C@H](CO)O1)NCc1ccc(Oc2ccccc2)cc1. The van der Waals surface area contributed by atoms with Crippen molar-refractivity contribution in [3.63, 3.8) is 0 Å². The van der Waals surface area contributed by atoms with Gasteiger partial charge in [-0.1, -0.05) is 60.7 Å². The monoisotopic (exact) mass is 472 g/mol. The van der Waals surface area contributed by atoms with E-state index in [2.05, 4.69) is 10.6 Å². The molecule has 0 aromatic heterocycles. The van der Waals surface area contributed by atoms with E-state index in [0.29, 0.717) is 12.1 Å². The molecule has 0 saturated carbocycles. The second-order valence-electron chi connectivity index (χ2n) is 8.19. The van der Waals surface area contributed by atoms with Gasteiger partial charge in [-0.25, -0.2) is 0 Å². The van der Waals surface area contributed by atoms with Crippen molar-refractivity contribution in [1.29, 1.82) is 0 Å². The summed E-state index contributed by atoms with van der Waals surface area (Å²) in [7, 11) is 0. The van der Waals surface area contributed by atoms with Gasteiger partial charge in [0.25, 0.3) is 5.91 Å². The van der Waals surface area contributed by atoms with Crippen molar-refractivity contribution < 1.29 is 24.2 Å². The van der Waals surface area contributed by atoms with Crippen molar-refractivity contribution in [3.8, 4) is 11.5 Å². The van der Waals surface area contributed by atoms with Gasteiger partial charge in [0.2, 0.25) is 5.91 Å². The van der Waals surface area contributed by atoms with E-state index in [4.69, 9.17) is 9.47 Å². The normalized spacial score (nSPS) is 19.1. The number of carbonyl (C=O) groups is 2. The van der Waals surface area contributed by atoms with Gasteiger partial charge in [-0.15, -0.1) is 0 Å². The van der Waals surface area contributed by atoms with Gasteiger partial charge in [0.05, 0.1) is 25.2 Å². The number of para-hydroxylation sites is 1. The van der Waals surface area contributed by atoms with Gasteiger partial charge in [-0.3, -0.25) is 9.59 Å². The number of rotatable bonds is 9. The number of aliphatic hydroxyl groups excluding tert-OH is 1. The first kappa shape index (κ1) is 24.2. The molecule has 0 fully saturated rings. The maximum Gasteiger partial charge on any atom is 0.251 e. The predicted octanol–water partition coefficient (Wildman–Crippen LogP) is 3.60. The van der Waals surface area contributed by atoms with Crippen LogP contribution >= 0.6 is 0 Å². The van der Waals surface area contributed by atoms with Crippen LogP contribution in [0.15, 0.2) is 97.1 Å². The summed E-state index contributed by atoms with van der Waals surface area (Å²) in [5.41, 5.74) is 1.47. The van der Waals surface area contributed by atoms with Crippen molar-refractivity contribution in [3.05, 3.63) is 108 Å². The quantitative estimate of drug-likeness (QED) is 0.414. The Balaban J connectivity index is 1.24. The third-order valence-corrected chi connectivity index (χ3v) is 5.58. The molecular formula is C28H28N2O5. The Morgan fingerprint density at radius 3 is 2.20 bits per heavy atom. The molecule has 180 valence electrons. The second-order valence-corrected chi connectivity index (χ2v) is 8.19. The van der Waals surface area contributed by atoms with Crippen molar-refractivity contribution in [2.75, 3.05) is 6.61 Å². The third kappa shape index (κ3) is 7.02. The van der Waals surface area contributed by atoms with E-state index in [1.54, 1.807) is 36.4 Å². The largest absolute Gasteiger partial charge is 0.457 e. The summed E-state index contributed by atoms with van der Waals surface area (Å²) in [5, 5.41) is 15.5. The molecule has 2 amide bonds. The molecule has 1 heterocycles. The Morgan fingerprint density at radius 1 is 0.857 bits per heavy atom. The second kappa shape index (κ2) is 12.0. The predicted molar refractivity (Wildman–Crippen MR) is 132 cm³/mol. The van der Waals surface area contributed by atoms with Crippen LogP contribution in [0.4, 0.5) is 0 Å². The first-order valence-corrected chi connectivity index (χ1v) is 11.5. The van der Waals surface area contributed by atoms with E-state index in [1.165, 1.54) is 0 Å². The van der Waals surface area contributed by atoms with Crippen LogP contribution in [0.25, 0.3) is 0 Å². The molecule has 0 aliphatic carbocycles. The summed E-state index contributed by atoms with van der Waals surface area (Å²) in [6.07, 6.45) is 2.51. The van der Waals surface area contributed by atoms with E-state index in [1.807, 2.05) is 60.7 Å². The lowest BCUT2D eigenvalue weighted by Crippen LogP contribution is -2.49. The Morgan fingerprint density at radius 2 is 1.51 bits per heavy atom. The van der Waals surface area contributed by atoms with Crippen molar-refractivity contribution in [2.24, 2.45) is 0 Å². The standard InChI is InChI=1S/C28H28N2O5/c31-19-26-25(30-28(33)21-7-3-1-4-8-21)16-15-24(35-26)17-27(32)29-18-20-11-13-23(14-12-20)34-22-9-5-2-6-10-22/h1-16,24-26,31H,17-19H2,(H,29,32)(H,30,33)/t24-,25-,26+/m1/s1. The first-order valence-electron chi connectivity index (χ1n) is 11.5. The first-order chi connectivity index (χ1) is 17.1. The highest BCUT2D eigenvalue weighted by Gasteiger charge is 2.29. The molecule has 3 aromatic carbocycles. The van der Waals surface area contributed by atoms with Crippen molar-refractivity contribution in [1.82, 2.24) is 10.6 Å². The van der Waals surface area contributed by atoms with Crippen LogP contribution in [0.1, 0.15) is 22.3 Å². The van der Waals surface area contributed by atoms with Crippen LogP contribution in [0.2, 0.25) is 0 Å². The lowest BCUT2D eigenvalue weighted by Gasteiger charge is -2.31. The van der Waals surface area contributed by atoms with E-state index in [0.717, 1.165) is 17.1 Å². The van der Waals surface area contributed by atoms with Crippen LogP contribution in [0, 0.1) is 0 Å². The molecule has 1 aliphatic heterocycles. The Kier molecular flexibility index (Phi) is 8.27. The molecule has 0 bridgehead atoms. The van der Waals surface area contributed by atoms with Crippen LogP contribution in [0.3, 0.4) is 0 Å². The summed E-state index contributed by atoms with van der Waals surface area (Å²) in [5.74, 6) is 1.06. The van der Waals surface area contributed by atoms with Crippen LogP contribution in [0.5, 0.6) is 11.5 Å². The molecule has 0 saturated heterocycles. The smallest absolute Gasteiger partial charge is 0.251 e. The molecule has 0 spiro atoms. The Bertz CT molecular complexity index is 1130. The van der Waals surface area contributed by atoms with Crippen LogP contribution in [-0.4, -0.2) is 41.8 Å². The van der Waals surface area contributed by atoms with E-state index >= 15 is 0 Å². The van der Waals surface area contributed by atoms with E-state index in [-0.39, 0.29) is 24.8 Å². The topological polar surface area (TPSA) is 96.9 Å². The molecule has 1 aliphatic rings. The van der Waals surface area contributed by atoms with E-state index < -0.39 is 18.2 Å². The lowest BCUT2D eigenvalue weighted by atomic mass is 10.0. The average Bonchev–Trinajstić information content (AvgIpc) is 2.90. The average molecular weight is 473 g/mol. The van der Waals surface area contributed by atoms with Crippen molar-refractivity contribution in [2.45, 2.75) is 31.2 Å². The fourth-order valence-electron chi connectivity index (χ4n) is 3.72. The summed E-state index contributed by atoms with van der Waals surface area (Å²) >= 11 is 0. The molecule has 35 heavy (non-hydrogen) atoms. The molecule has 4 rings (SSSR count). The Labute approximate surface area is 204 Å². The van der Waals surface area contributed by atoms with Crippen molar-refractivity contribution >= 4 is 11.8 Å². The molecular weight excluding hydrogens is 444 g/mol. The zero-order valence-corrected chi connectivity index (χ0v) is 19.2. The number of amides is 2. The molecule has 3 aromatic rings. The minimum absolute atomic E-state index is 0.113. The Hall–Kier alpha value is -3.94. The molecule has 7 heteroatoms. The number of hydrogen-bond donors (Lipinski definition) is 3. The lowest BCUT2D eigenvalue weighted by molar-refractivity contribution is -0.125. The van der Waals surface area contributed by atoms with Gasteiger partial charge in [-0.05, 0) is 42.0 Å². The van der Waals surface area contributed by atoms with Gasteiger partial charge in [0.15, 0.2) is 0 Å². The number of ether oxygens (including phenoxy) is 2. The molecule has 3 N–H and O–H groups in total. The number of hydrogen-bond acceptors (Lipinski definition) is 5. The minimum Gasteiger partial charge on any atom is -0.457 e. The number of aliphatic hydroxyl groups is 1. The summed E-state index contributed by atoms with van der Waals surface area (Å²) in [4.78, 5) is 24.9. The highest BCUT2D eigenvalue weighted by molar-refractivity contribution is 5.94. The maximum atomic E-state index is 12.5. The molecule has 0 radical (unpaired) electrons. The number of carbonyl (C=O) groups excluding carboxylic acids is 2. The van der Waals surface area contributed by atoms with Gasteiger partial charge in [-0.2, -0.15) is 0 Å². The van der Waals surface area contributed by atoms with Crippen LogP contribution in [-0.2, 0) is 16.1 Å². The van der Waals surface area contributed by atoms with Gasteiger partial charge in [0, 0.05) is 12.1 Å². The van der Waals surface area contributed by atoms with Crippen LogP contribution < -0.4 is 15.4 Å². The van der Waals surface area contributed by atoms with Gasteiger partial charge >= 0.3 is 0 Å². The van der Waals surface area contributed by atoms with Gasteiger partial charge in [0.1, 0.15) is 17.6 Å². The fraction of sp³-hybridized carbons (Fsp3) is 0.214. The maximum absolute atomic E-state index is 12.5. The third-order valence-electron chi connectivity index (χ3n) is 5.58.